The minimum Gasteiger partial charge on any atom is -0.478 e. The van der Waals surface area contributed by atoms with Gasteiger partial charge in [0.15, 0.2) is 17.6 Å². The number of halogens is 3. The van der Waals surface area contributed by atoms with Gasteiger partial charge in [-0.1, -0.05) is 32.0 Å². The number of pyridine rings is 2. The molecular formula is C26H20F3N3O2. The van der Waals surface area contributed by atoms with Crippen LogP contribution in [0.4, 0.5) is 13.2 Å². The molecule has 0 aliphatic carbocycles. The molecule has 0 aliphatic rings. The number of imidazole rings is 1. The van der Waals surface area contributed by atoms with Crippen LogP contribution in [-0.4, -0.2) is 25.4 Å². The third-order valence-electron chi connectivity index (χ3n) is 5.30. The number of aromatic carboxylic acids is 1. The van der Waals surface area contributed by atoms with Crippen LogP contribution in [-0.2, 0) is 0 Å². The molecule has 1 N–H and O–H groups in total. The van der Waals surface area contributed by atoms with E-state index >= 15 is 4.39 Å². The molecular weight excluding hydrogens is 443 g/mol. The highest BCUT2D eigenvalue weighted by molar-refractivity contribution is 5.88. The van der Waals surface area contributed by atoms with Crippen molar-refractivity contribution in [3.8, 4) is 11.1 Å². The van der Waals surface area contributed by atoms with E-state index in [1.54, 1.807) is 30.5 Å². The Morgan fingerprint density at radius 2 is 1.74 bits per heavy atom. The van der Waals surface area contributed by atoms with Gasteiger partial charge in [-0.3, -0.25) is 9.38 Å². The lowest BCUT2D eigenvalue weighted by molar-refractivity contribution is 0.0692. The van der Waals surface area contributed by atoms with Crippen molar-refractivity contribution in [3.63, 3.8) is 0 Å². The number of hydrogen-bond donors (Lipinski definition) is 1. The average molecular weight is 463 g/mol. The molecule has 5 nitrogen and oxygen atoms in total. The second-order valence-electron chi connectivity index (χ2n) is 7.27. The van der Waals surface area contributed by atoms with Gasteiger partial charge in [0.05, 0.1) is 23.0 Å². The van der Waals surface area contributed by atoms with E-state index in [-0.39, 0.29) is 22.5 Å². The Morgan fingerprint density at radius 3 is 2.47 bits per heavy atom. The van der Waals surface area contributed by atoms with Crippen LogP contribution in [0.1, 0.15) is 41.6 Å². The first-order valence-electron chi connectivity index (χ1n) is 10.6. The lowest BCUT2D eigenvalue weighted by Crippen LogP contribution is -2.02. The predicted octanol–water partition coefficient (Wildman–Crippen LogP) is 6.61. The normalized spacial score (nSPS) is 11.8. The fourth-order valence-electron chi connectivity index (χ4n) is 3.70. The fraction of sp³-hybridized carbons (Fsp3) is 0.115. The number of fused-ring (bicyclic) bond motifs is 2. The van der Waals surface area contributed by atoms with Crippen molar-refractivity contribution in [2.75, 3.05) is 0 Å². The molecule has 0 fully saturated rings. The Hall–Kier alpha value is -4.20. The number of benzene rings is 2. The van der Waals surface area contributed by atoms with E-state index in [0.29, 0.717) is 5.56 Å². The Balaban J connectivity index is 0.00000133. The first kappa shape index (κ1) is 23.0. The predicted molar refractivity (Wildman–Crippen MR) is 124 cm³/mol. The van der Waals surface area contributed by atoms with Gasteiger partial charge < -0.3 is 5.11 Å². The molecule has 0 aliphatic heterocycles. The van der Waals surface area contributed by atoms with Crippen LogP contribution < -0.4 is 0 Å². The van der Waals surface area contributed by atoms with E-state index in [9.17, 15) is 13.6 Å². The highest BCUT2D eigenvalue weighted by Gasteiger charge is 2.21. The summed E-state index contributed by atoms with van der Waals surface area (Å²) >= 11 is 0. The zero-order chi connectivity index (χ0) is 24.4. The topological polar surface area (TPSA) is 67.5 Å². The number of carbonyl (C=O) groups is 1. The van der Waals surface area contributed by atoms with Crippen molar-refractivity contribution < 1.29 is 23.1 Å². The van der Waals surface area contributed by atoms with Gasteiger partial charge >= 0.3 is 5.97 Å². The van der Waals surface area contributed by atoms with Gasteiger partial charge in [0.1, 0.15) is 5.82 Å². The third kappa shape index (κ3) is 4.10. The molecule has 34 heavy (non-hydrogen) atoms. The van der Waals surface area contributed by atoms with Gasteiger partial charge in [0.2, 0.25) is 0 Å². The van der Waals surface area contributed by atoms with Crippen LogP contribution in [0.3, 0.4) is 0 Å². The zero-order valence-electron chi connectivity index (χ0n) is 18.3. The lowest BCUT2D eigenvalue weighted by Gasteiger charge is -2.11. The Bertz CT molecular complexity index is 1510. The molecule has 3 aromatic heterocycles. The molecule has 5 aromatic rings. The molecule has 1 unspecified atom stereocenters. The SMILES string of the molecule is CC.O=C(O)c1ccc(-c2cc(F)c3ncc(C(F)c4ccc5ncccc5c4)n3c2)cc1F. The van der Waals surface area contributed by atoms with Crippen LogP contribution in [0.15, 0.2) is 73.2 Å². The van der Waals surface area contributed by atoms with Crippen molar-refractivity contribution >= 4 is 22.5 Å². The monoisotopic (exact) mass is 463 g/mol. The molecule has 8 heteroatoms. The van der Waals surface area contributed by atoms with Crippen molar-refractivity contribution in [1.82, 2.24) is 14.4 Å². The number of rotatable bonds is 4. The number of nitrogens with zero attached hydrogens (tertiary/aromatic N) is 3. The average Bonchev–Trinajstić information content (AvgIpc) is 3.29. The first-order valence-corrected chi connectivity index (χ1v) is 10.6. The molecule has 0 bridgehead atoms. The van der Waals surface area contributed by atoms with E-state index < -0.39 is 29.3 Å². The summed E-state index contributed by atoms with van der Waals surface area (Å²) in [5.41, 5.74) is 1.12. The maximum absolute atomic E-state index is 15.5. The van der Waals surface area contributed by atoms with Gasteiger partial charge in [-0.2, -0.15) is 0 Å². The molecule has 0 amide bonds. The minimum atomic E-state index is -1.60. The molecule has 1 atom stereocenters. The molecule has 3 heterocycles. The Kier molecular flexibility index (Phi) is 6.32. The standard InChI is InChI=1S/C24H14F3N3O2.C2H6/c25-18-9-13(3-5-17(18)24(31)32)16-10-19(26)23-29-11-21(30(23)12-16)22(27)15-4-6-20-14(8-15)2-1-7-28-20;1-2/h1-12,22H,(H,31,32);1-2H3. The molecule has 172 valence electrons. The maximum Gasteiger partial charge on any atom is 0.338 e. The van der Waals surface area contributed by atoms with Crippen molar-refractivity contribution in [1.29, 1.82) is 0 Å². The van der Waals surface area contributed by atoms with E-state index in [2.05, 4.69) is 9.97 Å². The molecule has 5 rings (SSSR count). The van der Waals surface area contributed by atoms with E-state index in [1.165, 1.54) is 22.9 Å². The van der Waals surface area contributed by atoms with Crippen molar-refractivity contribution in [3.05, 3.63) is 102 Å². The van der Waals surface area contributed by atoms with Crippen molar-refractivity contribution in [2.24, 2.45) is 0 Å². The summed E-state index contributed by atoms with van der Waals surface area (Å²) in [7, 11) is 0. The Labute approximate surface area is 193 Å². The first-order chi connectivity index (χ1) is 16.4. The van der Waals surface area contributed by atoms with E-state index in [0.717, 1.165) is 29.1 Å². The zero-order valence-corrected chi connectivity index (χ0v) is 18.3. The number of alkyl halides is 1. The van der Waals surface area contributed by atoms with Gasteiger partial charge in [0.25, 0.3) is 0 Å². The number of carboxylic acid groups (broad SMARTS) is 1. The largest absolute Gasteiger partial charge is 0.478 e. The van der Waals surface area contributed by atoms with Gasteiger partial charge in [0, 0.05) is 23.3 Å². The number of carboxylic acids is 1. The number of hydrogen-bond acceptors (Lipinski definition) is 3. The van der Waals surface area contributed by atoms with E-state index in [4.69, 9.17) is 5.11 Å². The Morgan fingerprint density at radius 1 is 0.971 bits per heavy atom. The smallest absolute Gasteiger partial charge is 0.338 e. The summed E-state index contributed by atoms with van der Waals surface area (Å²) in [4.78, 5) is 19.3. The lowest BCUT2D eigenvalue weighted by atomic mass is 10.0. The quantitative estimate of drug-likeness (QED) is 0.326. The summed E-state index contributed by atoms with van der Waals surface area (Å²) in [6.45, 7) is 4.00. The van der Waals surface area contributed by atoms with Gasteiger partial charge in [-0.25, -0.2) is 22.9 Å². The van der Waals surface area contributed by atoms with Crippen LogP contribution in [0.5, 0.6) is 0 Å². The van der Waals surface area contributed by atoms with Crippen LogP contribution in [0, 0.1) is 11.6 Å². The van der Waals surface area contributed by atoms with E-state index in [1.807, 2.05) is 19.9 Å². The molecule has 0 saturated carbocycles. The van der Waals surface area contributed by atoms with Crippen LogP contribution in [0.2, 0.25) is 0 Å². The molecule has 0 spiro atoms. The molecule has 0 saturated heterocycles. The summed E-state index contributed by atoms with van der Waals surface area (Å²) < 4.78 is 45.6. The highest BCUT2D eigenvalue weighted by Crippen LogP contribution is 2.31. The highest BCUT2D eigenvalue weighted by atomic mass is 19.1. The van der Waals surface area contributed by atoms with Crippen LogP contribution in [0.25, 0.3) is 27.7 Å². The third-order valence-corrected chi connectivity index (χ3v) is 5.30. The van der Waals surface area contributed by atoms with Crippen LogP contribution >= 0.6 is 0 Å². The van der Waals surface area contributed by atoms with Gasteiger partial charge in [-0.05, 0) is 47.5 Å². The molecule has 2 aromatic carbocycles. The second kappa shape index (κ2) is 9.35. The molecule has 0 radical (unpaired) electrons. The summed E-state index contributed by atoms with van der Waals surface area (Å²) in [5, 5.41) is 9.76. The summed E-state index contributed by atoms with van der Waals surface area (Å²) in [5.74, 6) is -3.07. The minimum absolute atomic E-state index is 0.0727. The summed E-state index contributed by atoms with van der Waals surface area (Å²) in [6.07, 6.45) is 2.75. The van der Waals surface area contributed by atoms with Gasteiger partial charge in [-0.15, -0.1) is 0 Å². The number of aromatic nitrogens is 3. The maximum atomic E-state index is 15.5. The van der Waals surface area contributed by atoms with Crippen molar-refractivity contribution in [2.45, 2.75) is 20.0 Å². The summed E-state index contributed by atoms with van der Waals surface area (Å²) in [6, 6.07) is 13.2. The second-order valence-corrected chi connectivity index (χ2v) is 7.27. The fourth-order valence-corrected chi connectivity index (χ4v) is 3.70.